The van der Waals surface area contributed by atoms with Crippen LogP contribution in [-0.4, -0.2) is 11.8 Å². The summed E-state index contributed by atoms with van der Waals surface area (Å²) in [5.74, 6) is 0. The van der Waals surface area contributed by atoms with Crippen LogP contribution in [-0.2, 0) is 0 Å². The van der Waals surface area contributed by atoms with E-state index in [0.29, 0.717) is 0 Å². The Bertz CT molecular complexity index is 2400. The second-order valence-corrected chi connectivity index (χ2v) is 13.1. The molecular weight excluding hydrogens is 551 g/mol. The van der Waals surface area contributed by atoms with Crippen LogP contribution in [0, 0.1) is 13.8 Å². The van der Waals surface area contributed by atoms with E-state index >= 15 is 0 Å². The van der Waals surface area contributed by atoms with Gasteiger partial charge in [-0.1, -0.05) is 96.6 Å². The van der Waals surface area contributed by atoms with Crippen molar-refractivity contribution < 1.29 is 0 Å². The van der Waals surface area contributed by atoms with Gasteiger partial charge >= 0.3 is 0 Å². The molecule has 1 aliphatic rings. The normalized spacial score (nSPS) is 12.0. The molecule has 0 unspecified atom stereocenters. The standard InChI is InChI=1S/C40H29BN2S/c1-24-16-19-28(20-17-24)42-33-14-8-6-12-29(33)31-22-25(2)36-30-13-7-9-15-34(30)43-38-32-23-27(26-10-4-3-5-11-26)18-21-35(32)44-40(38)41-37(31)39(36)43/h3-23,41-42H,1-2H3. The van der Waals surface area contributed by atoms with Crippen LogP contribution < -0.4 is 15.6 Å². The lowest BCUT2D eigenvalue weighted by Gasteiger charge is -2.23. The topological polar surface area (TPSA) is 17.0 Å². The molecule has 1 N–H and O–H groups in total. The van der Waals surface area contributed by atoms with E-state index in [0.717, 1.165) is 18.7 Å². The minimum atomic E-state index is 0.913. The molecule has 0 radical (unpaired) electrons. The van der Waals surface area contributed by atoms with Crippen molar-refractivity contribution in [3.8, 4) is 27.9 Å². The highest BCUT2D eigenvalue weighted by molar-refractivity contribution is 7.29. The minimum Gasteiger partial charge on any atom is -0.355 e. The number of rotatable bonds is 4. The first kappa shape index (κ1) is 25.4. The third-order valence-electron chi connectivity index (χ3n) is 9.19. The van der Waals surface area contributed by atoms with E-state index in [9.17, 15) is 0 Å². The zero-order valence-corrected chi connectivity index (χ0v) is 25.5. The van der Waals surface area contributed by atoms with Crippen LogP contribution in [0.3, 0.4) is 0 Å². The number of nitrogens with zero attached hydrogens (tertiary/aromatic N) is 1. The van der Waals surface area contributed by atoms with E-state index < -0.39 is 0 Å². The Hall–Kier alpha value is -5.06. The van der Waals surface area contributed by atoms with Gasteiger partial charge in [0.15, 0.2) is 0 Å². The van der Waals surface area contributed by atoms with Crippen LogP contribution in [0.4, 0.5) is 11.4 Å². The molecule has 0 saturated carbocycles. The van der Waals surface area contributed by atoms with Crippen molar-refractivity contribution in [3.05, 3.63) is 139 Å². The molecular formula is C40H29BN2S. The Labute approximate surface area is 261 Å². The van der Waals surface area contributed by atoms with Crippen LogP contribution in [0.15, 0.2) is 127 Å². The van der Waals surface area contributed by atoms with Crippen molar-refractivity contribution in [2.45, 2.75) is 13.8 Å². The highest BCUT2D eigenvalue weighted by Gasteiger charge is 2.30. The van der Waals surface area contributed by atoms with Gasteiger partial charge in [-0.2, -0.15) is 0 Å². The Morgan fingerprint density at radius 2 is 1.43 bits per heavy atom. The fraction of sp³-hybridized carbons (Fsp3) is 0.0500. The summed E-state index contributed by atoms with van der Waals surface area (Å²) in [6.07, 6.45) is 0. The average molecular weight is 581 g/mol. The van der Waals surface area contributed by atoms with Gasteiger partial charge < -0.3 is 9.88 Å². The maximum atomic E-state index is 3.73. The quantitative estimate of drug-likeness (QED) is 0.205. The number of aromatic nitrogens is 1. The SMILES string of the molecule is Cc1ccc(Nc2ccccc2-c2cc(C)c3c4ccccc4n4c3c2Bc2sc3ccc(-c5ccccc5)cc3c2-4)cc1. The molecule has 6 aromatic carbocycles. The first-order valence-corrected chi connectivity index (χ1v) is 16.1. The van der Waals surface area contributed by atoms with Gasteiger partial charge in [0.2, 0.25) is 7.28 Å². The number of thiophene rings is 1. The fourth-order valence-electron chi connectivity index (χ4n) is 7.17. The van der Waals surface area contributed by atoms with Gasteiger partial charge in [-0.25, -0.2) is 0 Å². The van der Waals surface area contributed by atoms with Crippen molar-refractivity contribution >= 4 is 72.1 Å². The zero-order valence-electron chi connectivity index (χ0n) is 24.7. The molecule has 2 aromatic heterocycles. The molecule has 3 heterocycles. The molecule has 208 valence electrons. The lowest BCUT2D eigenvalue weighted by Crippen LogP contribution is -2.35. The highest BCUT2D eigenvalue weighted by atomic mass is 32.1. The Balaban J connectivity index is 1.32. The molecule has 0 spiro atoms. The van der Waals surface area contributed by atoms with Crippen LogP contribution >= 0.6 is 11.3 Å². The summed E-state index contributed by atoms with van der Waals surface area (Å²) in [6, 6.07) is 46.5. The smallest absolute Gasteiger partial charge is 0.211 e. The largest absolute Gasteiger partial charge is 0.355 e. The van der Waals surface area contributed by atoms with Gasteiger partial charge in [0, 0.05) is 43.3 Å². The van der Waals surface area contributed by atoms with E-state index in [-0.39, 0.29) is 0 Å². The predicted molar refractivity (Wildman–Crippen MR) is 193 cm³/mol. The number of benzene rings is 6. The van der Waals surface area contributed by atoms with Gasteiger partial charge in [0.05, 0.1) is 11.2 Å². The molecule has 8 aromatic rings. The van der Waals surface area contributed by atoms with E-state index in [4.69, 9.17) is 0 Å². The van der Waals surface area contributed by atoms with Gasteiger partial charge in [-0.3, -0.25) is 0 Å². The van der Waals surface area contributed by atoms with E-state index in [1.807, 2.05) is 11.3 Å². The zero-order chi connectivity index (χ0) is 29.4. The molecule has 0 atom stereocenters. The lowest BCUT2D eigenvalue weighted by atomic mass is 9.63. The van der Waals surface area contributed by atoms with Gasteiger partial charge in [0.1, 0.15) is 0 Å². The molecule has 0 bridgehead atoms. The van der Waals surface area contributed by atoms with Crippen molar-refractivity contribution in [1.82, 2.24) is 4.57 Å². The Kier molecular flexibility index (Phi) is 5.63. The van der Waals surface area contributed by atoms with Crippen molar-refractivity contribution in [2.24, 2.45) is 0 Å². The van der Waals surface area contributed by atoms with Crippen LogP contribution in [0.2, 0.25) is 0 Å². The van der Waals surface area contributed by atoms with E-state index in [1.54, 1.807) is 0 Å². The number of nitrogens with one attached hydrogen (secondary N) is 1. The first-order valence-electron chi connectivity index (χ1n) is 15.2. The minimum absolute atomic E-state index is 0.913. The second kappa shape index (κ2) is 9.73. The van der Waals surface area contributed by atoms with Gasteiger partial charge in [0.25, 0.3) is 0 Å². The molecule has 0 aliphatic carbocycles. The first-order chi connectivity index (χ1) is 21.6. The highest BCUT2D eigenvalue weighted by Crippen LogP contribution is 2.42. The maximum absolute atomic E-state index is 3.73. The molecule has 0 amide bonds. The van der Waals surface area contributed by atoms with Gasteiger partial charge in [-0.05, 0) is 82.7 Å². The average Bonchev–Trinajstić information content (AvgIpc) is 3.60. The molecule has 9 rings (SSSR count). The maximum Gasteiger partial charge on any atom is 0.211 e. The molecule has 1 aliphatic heterocycles. The number of aryl methyl sites for hydroxylation is 2. The number of para-hydroxylation sites is 2. The van der Waals surface area contributed by atoms with Crippen molar-refractivity contribution in [2.75, 3.05) is 5.32 Å². The number of hydrogen-bond acceptors (Lipinski definition) is 2. The summed E-state index contributed by atoms with van der Waals surface area (Å²) >= 11 is 1.94. The van der Waals surface area contributed by atoms with Gasteiger partial charge in [-0.15, -0.1) is 11.3 Å². The summed E-state index contributed by atoms with van der Waals surface area (Å²) < 4.78 is 5.35. The second-order valence-electron chi connectivity index (χ2n) is 12.0. The van der Waals surface area contributed by atoms with Crippen LogP contribution in [0.1, 0.15) is 11.1 Å². The monoisotopic (exact) mass is 580 g/mol. The van der Waals surface area contributed by atoms with Crippen molar-refractivity contribution in [1.29, 1.82) is 0 Å². The van der Waals surface area contributed by atoms with Crippen molar-refractivity contribution in [3.63, 3.8) is 0 Å². The molecule has 2 nitrogen and oxygen atoms in total. The summed E-state index contributed by atoms with van der Waals surface area (Å²) in [5, 5.41) is 7.76. The summed E-state index contributed by atoms with van der Waals surface area (Å²) in [7, 11) is 0.913. The third-order valence-corrected chi connectivity index (χ3v) is 10.3. The summed E-state index contributed by atoms with van der Waals surface area (Å²) in [5.41, 5.74) is 15.2. The third kappa shape index (κ3) is 3.81. The molecule has 0 saturated heterocycles. The number of fused-ring (bicyclic) bond motifs is 7. The summed E-state index contributed by atoms with van der Waals surface area (Å²) in [6.45, 7) is 4.41. The predicted octanol–water partition coefficient (Wildman–Crippen LogP) is 9.39. The van der Waals surface area contributed by atoms with Crippen LogP contribution in [0.5, 0.6) is 0 Å². The molecule has 44 heavy (non-hydrogen) atoms. The van der Waals surface area contributed by atoms with E-state index in [1.165, 1.54) is 81.2 Å². The molecule has 0 fully saturated rings. The Morgan fingerprint density at radius 1 is 0.659 bits per heavy atom. The number of anilines is 2. The fourth-order valence-corrected chi connectivity index (χ4v) is 8.35. The Morgan fingerprint density at radius 3 is 2.30 bits per heavy atom. The molecule has 4 heteroatoms. The number of hydrogen-bond donors (Lipinski definition) is 1. The van der Waals surface area contributed by atoms with Crippen LogP contribution in [0.25, 0.3) is 59.8 Å². The summed E-state index contributed by atoms with van der Waals surface area (Å²) in [4.78, 5) is 0. The van der Waals surface area contributed by atoms with E-state index in [2.05, 4.69) is 151 Å². The lowest BCUT2D eigenvalue weighted by molar-refractivity contribution is 1.22.